The highest BCUT2D eigenvalue weighted by Gasteiger charge is 2.14. The number of carbonyl (C=O) groups is 1. The maximum Gasteiger partial charge on any atom is 0.259 e. The first-order valence-corrected chi connectivity index (χ1v) is 9.75. The van der Waals surface area contributed by atoms with Crippen LogP contribution >= 0.6 is 11.3 Å². The van der Waals surface area contributed by atoms with E-state index in [2.05, 4.69) is 20.4 Å². The maximum atomic E-state index is 13.3. The highest BCUT2D eigenvalue weighted by molar-refractivity contribution is 7.15. The number of anilines is 1. The van der Waals surface area contributed by atoms with Crippen molar-refractivity contribution in [1.29, 1.82) is 0 Å². The van der Waals surface area contributed by atoms with Crippen LogP contribution in [0.4, 0.5) is 13.9 Å². The minimum Gasteiger partial charge on any atom is -0.298 e. The summed E-state index contributed by atoms with van der Waals surface area (Å²) in [5.41, 5.74) is 1.75. The molecule has 0 radical (unpaired) electrons. The molecule has 1 N–H and O–H groups in total. The predicted octanol–water partition coefficient (Wildman–Crippen LogP) is 4.59. The number of amides is 1. The molecular formula is C20H17F2N5OS. The molecule has 0 unspecified atom stereocenters. The second-order valence-electron chi connectivity index (χ2n) is 6.83. The first kappa shape index (κ1) is 19.1. The van der Waals surface area contributed by atoms with Crippen LogP contribution in [0, 0.1) is 11.6 Å². The molecule has 3 heterocycles. The fraction of sp³-hybridized carbons (Fsp3) is 0.200. The lowest BCUT2D eigenvalue weighted by Crippen LogP contribution is -2.12. The lowest BCUT2D eigenvalue weighted by Gasteiger charge is -2.06. The average Bonchev–Trinajstić information content (AvgIpc) is 3.30. The van der Waals surface area contributed by atoms with Gasteiger partial charge in [0.2, 0.25) is 0 Å². The summed E-state index contributed by atoms with van der Waals surface area (Å²) < 4.78 is 28.2. The van der Waals surface area contributed by atoms with Crippen LogP contribution in [0.3, 0.4) is 0 Å². The van der Waals surface area contributed by atoms with Crippen molar-refractivity contribution in [2.75, 3.05) is 5.32 Å². The molecule has 148 valence electrons. The zero-order chi connectivity index (χ0) is 20.5. The maximum absolute atomic E-state index is 13.3. The number of pyridine rings is 1. The van der Waals surface area contributed by atoms with E-state index in [1.807, 2.05) is 13.8 Å². The minimum absolute atomic E-state index is 0.169. The molecule has 1 aromatic carbocycles. The van der Waals surface area contributed by atoms with Gasteiger partial charge in [-0.3, -0.25) is 10.1 Å². The molecule has 0 aliphatic heterocycles. The van der Waals surface area contributed by atoms with Crippen LogP contribution in [0.1, 0.15) is 40.7 Å². The SMILES string of the molecule is CC(C)n1ncc2cc(C(=O)Nc3ncc(Cc4ccc(F)c(F)c4)s3)cnc21. The summed E-state index contributed by atoms with van der Waals surface area (Å²) in [6.45, 7) is 4.02. The van der Waals surface area contributed by atoms with Crippen LogP contribution in [0.2, 0.25) is 0 Å². The number of hydrogen-bond donors (Lipinski definition) is 1. The summed E-state index contributed by atoms with van der Waals surface area (Å²) in [6, 6.07) is 5.68. The largest absolute Gasteiger partial charge is 0.298 e. The van der Waals surface area contributed by atoms with Crippen molar-refractivity contribution in [3.8, 4) is 0 Å². The number of benzene rings is 1. The first-order valence-electron chi connectivity index (χ1n) is 8.94. The van der Waals surface area contributed by atoms with Crippen molar-refractivity contribution < 1.29 is 13.6 Å². The molecular weight excluding hydrogens is 396 g/mol. The number of thiazole rings is 1. The van der Waals surface area contributed by atoms with Crippen molar-refractivity contribution in [3.05, 3.63) is 70.5 Å². The Kier molecular flexibility index (Phi) is 5.06. The van der Waals surface area contributed by atoms with Crippen molar-refractivity contribution >= 4 is 33.4 Å². The van der Waals surface area contributed by atoms with Crippen molar-refractivity contribution in [2.24, 2.45) is 0 Å². The molecule has 0 fully saturated rings. The van der Waals surface area contributed by atoms with Crippen molar-refractivity contribution in [2.45, 2.75) is 26.3 Å². The smallest absolute Gasteiger partial charge is 0.259 e. The van der Waals surface area contributed by atoms with Gasteiger partial charge in [0.15, 0.2) is 22.4 Å². The number of rotatable bonds is 5. The van der Waals surface area contributed by atoms with Crippen LogP contribution in [0.15, 0.2) is 42.9 Å². The number of nitrogens with one attached hydrogen (secondary N) is 1. The van der Waals surface area contributed by atoms with Crippen LogP contribution < -0.4 is 5.32 Å². The van der Waals surface area contributed by atoms with Gasteiger partial charge in [-0.2, -0.15) is 5.10 Å². The second kappa shape index (κ2) is 7.67. The standard InChI is InChI=1S/C20H17F2N5OS/c1-11(2)27-18-13(9-25-27)7-14(8-23-18)19(28)26-20-24-10-15(29-20)5-12-3-4-16(21)17(22)6-12/h3-4,6-11H,5H2,1-2H3,(H,24,26,28). The Morgan fingerprint density at radius 3 is 2.72 bits per heavy atom. The number of carbonyl (C=O) groups excluding carboxylic acids is 1. The average molecular weight is 413 g/mol. The van der Waals surface area contributed by atoms with Crippen LogP contribution in [-0.4, -0.2) is 25.7 Å². The van der Waals surface area contributed by atoms with Gasteiger partial charge in [-0.05, 0) is 37.6 Å². The van der Waals surface area contributed by atoms with Crippen LogP contribution in [-0.2, 0) is 6.42 Å². The number of nitrogens with zero attached hydrogens (tertiary/aromatic N) is 4. The van der Waals surface area contributed by atoms with Gasteiger partial charge in [0, 0.05) is 35.1 Å². The quantitative estimate of drug-likeness (QED) is 0.519. The van der Waals surface area contributed by atoms with Gasteiger partial charge in [-0.25, -0.2) is 23.4 Å². The Morgan fingerprint density at radius 2 is 1.97 bits per heavy atom. The highest BCUT2D eigenvalue weighted by atomic mass is 32.1. The third-order valence-corrected chi connectivity index (χ3v) is 5.23. The number of aromatic nitrogens is 4. The Labute approximate surface area is 169 Å². The fourth-order valence-corrected chi connectivity index (χ4v) is 3.75. The van der Waals surface area contributed by atoms with Gasteiger partial charge in [0.1, 0.15) is 0 Å². The second-order valence-corrected chi connectivity index (χ2v) is 7.95. The summed E-state index contributed by atoms with van der Waals surface area (Å²) >= 11 is 1.28. The van der Waals surface area contributed by atoms with Gasteiger partial charge in [0.25, 0.3) is 5.91 Å². The van der Waals surface area contributed by atoms with E-state index >= 15 is 0 Å². The molecule has 29 heavy (non-hydrogen) atoms. The van der Waals surface area contributed by atoms with E-state index in [0.717, 1.165) is 28.0 Å². The molecule has 4 rings (SSSR count). The van der Waals surface area contributed by atoms with Crippen molar-refractivity contribution in [1.82, 2.24) is 19.7 Å². The normalized spacial score (nSPS) is 11.3. The monoisotopic (exact) mass is 413 g/mol. The molecule has 0 bridgehead atoms. The Morgan fingerprint density at radius 1 is 1.14 bits per heavy atom. The van der Waals surface area contributed by atoms with E-state index in [-0.39, 0.29) is 11.9 Å². The molecule has 1 amide bonds. The van der Waals surface area contributed by atoms with Gasteiger partial charge in [0.05, 0.1) is 11.8 Å². The Balaban J connectivity index is 1.47. The van der Waals surface area contributed by atoms with Crippen LogP contribution in [0.5, 0.6) is 0 Å². The fourth-order valence-electron chi connectivity index (χ4n) is 2.91. The molecule has 0 spiro atoms. The topological polar surface area (TPSA) is 72.7 Å². The first-order chi connectivity index (χ1) is 13.9. The molecule has 0 aliphatic rings. The molecule has 0 saturated heterocycles. The molecule has 4 aromatic rings. The van der Waals surface area contributed by atoms with Crippen LogP contribution in [0.25, 0.3) is 11.0 Å². The van der Waals surface area contributed by atoms with Gasteiger partial charge in [-0.15, -0.1) is 11.3 Å². The summed E-state index contributed by atoms with van der Waals surface area (Å²) in [5, 5.41) is 8.25. The molecule has 0 aliphatic carbocycles. The predicted molar refractivity (Wildman–Crippen MR) is 107 cm³/mol. The molecule has 0 saturated carbocycles. The summed E-state index contributed by atoms with van der Waals surface area (Å²) in [5.74, 6) is -2.09. The number of fused-ring (bicyclic) bond motifs is 1. The van der Waals surface area contributed by atoms with E-state index in [4.69, 9.17) is 0 Å². The minimum atomic E-state index is -0.885. The molecule has 6 nitrogen and oxygen atoms in total. The zero-order valence-electron chi connectivity index (χ0n) is 15.7. The lowest BCUT2D eigenvalue weighted by molar-refractivity contribution is 0.102. The lowest BCUT2D eigenvalue weighted by atomic mass is 10.1. The van der Waals surface area contributed by atoms with Gasteiger partial charge < -0.3 is 0 Å². The highest BCUT2D eigenvalue weighted by Crippen LogP contribution is 2.23. The van der Waals surface area contributed by atoms with Gasteiger partial charge >= 0.3 is 0 Å². The summed E-state index contributed by atoms with van der Waals surface area (Å²) in [7, 11) is 0. The molecule has 3 aromatic heterocycles. The Hall–Kier alpha value is -3.20. The van der Waals surface area contributed by atoms with Gasteiger partial charge in [-0.1, -0.05) is 6.07 Å². The number of halogens is 2. The van der Waals surface area contributed by atoms with E-state index in [9.17, 15) is 13.6 Å². The molecule has 9 heteroatoms. The van der Waals surface area contributed by atoms with E-state index in [0.29, 0.717) is 22.7 Å². The summed E-state index contributed by atoms with van der Waals surface area (Å²) in [6.07, 6.45) is 5.19. The van der Waals surface area contributed by atoms with Crippen molar-refractivity contribution in [3.63, 3.8) is 0 Å². The Bertz CT molecular complexity index is 1200. The third-order valence-electron chi connectivity index (χ3n) is 4.32. The molecule has 0 atom stereocenters. The van der Waals surface area contributed by atoms with E-state index in [1.165, 1.54) is 23.6 Å². The third kappa shape index (κ3) is 4.00. The van der Waals surface area contributed by atoms with E-state index in [1.54, 1.807) is 23.1 Å². The number of hydrogen-bond acceptors (Lipinski definition) is 5. The summed E-state index contributed by atoms with van der Waals surface area (Å²) in [4.78, 5) is 21.9. The zero-order valence-corrected chi connectivity index (χ0v) is 16.5. The van der Waals surface area contributed by atoms with E-state index < -0.39 is 11.6 Å².